The molecule has 6 nitrogen and oxygen atoms in total. The Hall–Kier alpha value is -1.95. The number of ether oxygens (including phenoxy) is 1. The average Bonchev–Trinajstić information content (AvgIpc) is 2.25. The molecule has 1 N–H and O–H groups in total. The monoisotopic (exact) mass is 222 g/mol. The van der Waals surface area contributed by atoms with Crippen LogP contribution in [0.4, 0.5) is 0 Å². The van der Waals surface area contributed by atoms with Gasteiger partial charge in [0.25, 0.3) is 5.56 Å². The van der Waals surface area contributed by atoms with Crippen LogP contribution in [0.25, 0.3) is 0 Å². The molecule has 1 aromatic rings. The number of ketones is 1. The number of carbonyl (C=O) groups excluding carboxylic acids is 1. The summed E-state index contributed by atoms with van der Waals surface area (Å²) in [4.78, 5) is 35.7. The number of nitrogens with zero attached hydrogens (tertiary/aromatic N) is 1. The minimum Gasteiger partial charge on any atom is -0.346 e. The van der Waals surface area contributed by atoms with Gasteiger partial charge in [0.15, 0.2) is 12.0 Å². The summed E-state index contributed by atoms with van der Waals surface area (Å²) in [5.41, 5.74) is -0.565. The average molecular weight is 222 g/mol. The Bertz CT molecular complexity index is 567. The molecule has 1 aliphatic heterocycles. The summed E-state index contributed by atoms with van der Waals surface area (Å²) in [5.74, 6) is -0.148. The zero-order valence-electron chi connectivity index (χ0n) is 8.60. The second kappa shape index (κ2) is 3.90. The maximum atomic E-state index is 11.5. The van der Waals surface area contributed by atoms with E-state index in [0.29, 0.717) is 5.56 Å². The SMILES string of the molecule is Cc1cn([C@@H]2C=CC(=O)CO2)c(=O)[nH]c1=O. The molecule has 2 heterocycles. The lowest BCUT2D eigenvalue weighted by Gasteiger charge is -2.19. The fraction of sp³-hybridized carbons (Fsp3) is 0.300. The smallest absolute Gasteiger partial charge is 0.330 e. The number of aryl methyl sites for hydroxylation is 1. The van der Waals surface area contributed by atoms with E-state index in [4.69, 9.17) is 4.74 Å². The Morgan fingerprint density at radius 3 is 2.81 bits per heavy atom. The van der Waals surface area contributed by atoms with Gasteiger partial charge in [-0.15, -0.1) is 0 Å². The summed E-state index contributed by atoms with van der Waals surface area (Å²) < 4.78 is 6.39. The van der Waals surface area contributed by atoms with Gasteiger partial charge in [-0.1, -0.05) is 0 Å². The van der Waals surface area contributed by atoms with Crippen molar-refractivity contribution in [1.29, 1.82) is 0 Å². The number of H-pyrrole nitrogens is 1. The van der Waals surface area contributed by atoms with Gasteiger partial charge in [-0.05, 0) is 19.1 Å². The highest BCUT2D eigenvalue weighted by Crippen LogP contribution is 2.11. The van der Waals surface area contributed by atoms with Crippen LogP contribution in [0, 0.1) is 6.92 Å². The Morgan fingerprint density at radius 2 is 2.19 bits per heavy atom. The van der Waals surface area contributed by atoms with Crippen molar-refractivity contribution in [1.82, 2.24) is 9.55 Å². The van der Waals surface area contributed by atoms with E-state index in [-0.39, 0.29) is 12.4 Å². The Morgan fingerprint density at radius 1 is 1.44 bits per heavy atom. The molecule has 1 atom stereocenters. The number of nitrogens with one attached hydrogen (secondary N) is 1. The number of carbonyl (C=O) groups is 1. The summed E-state index contributed by atoms with van der Waals surface area (Å²) in [7, 11) is 0. The van der Waals surface area contributed by atoms with Crippen molar-refractivity contribution < 1.29 is 9.53 Å². The highest BCUT2D eigenvalue weighted by Gasteiger charge is 2.16. The largest absolute Gasteiger partial charge is 0.346 e. The maximum absolute atomic E-state index is 11.5. The number of aromatic amines is 1. The third-order valence-electron chi connectivity index (χ3n) is 2.26. The molecule has 0 radical (unpaired) electrons. The lowest BCUT2D eigenvalue weighted by Crippen LogP contribution is -2.35. The van der Waals surface area contributed by atoms with Crippen LogP contribution in [0.5, 0.6) is 0 Å². The van der Waals surface area contributed by atoms with Gasteiger partial charge >= 0.3 is 5.69 Å². The van der Waals surface area contributed by atoms with E-state index in [1.165, 1.54) is 22.9 Å². The number of hydrogen-bond donors (Lipinski definition) is 1. The first-order valence-electron chi connectivity index (χ1n) is 4.72. The van der Waals surface area contributed by atoms with Crippen LogP contribution in [-0.2, 0) is 9.53 Å². The maximum Gasteiger partial charge on any atom is 0.330 e. The van der Waals surface area contributed by atoms with Gasteiger partial charge in [-0.25, -0.2) is 4.79 Å². The second-order valence-corrected chi connectivity index (χ2v) is 3.51. The summed E-state index contributed by atoms with van der Waals surface area (Å²) in [6.07, 6.45) is 3.61. The van der Waals surface area contributed by atoms with Gasteiger partial charge in [0.2, 0.25) is 0 Å². The summed E-state index contributed by atoms with van der Waals surface area (Å²) in [6, 6.07) is 0. The van der Waals surface area contributed by atoms with E-state index in [9.17, 15) is 14.4 Å². The highest BCUT2D eigenvalue weighted by atomic mass is 16.5. The number of hydrogen-bond acceptors (Lipinski definition) is 4. The van der Waals surface area contributed by atoms with Crippen LogP contribution in [0.1, 0.15) is 11.8 Å². The minimum atomic E-state index is -0.638. The van der Waals surface area contributed by atoms with Gasteiger partial charge in [0.05, 0.1) is 0 Å². The molecule has 6 heteroatoms. The first-order chi connectivity index (χ1) is 7.58. The van der Waals surface area contributed by atoms with E-state index in [1.54, 1.807) is 6.92 Å². The van der Waals surface area contributed by atoms with Gasteiger partial charge in [0.1, 0.15) is 6.61 Å². The summed E-state index contributed by atoms with van der Waals surface area (Å²) in [5, 5.41) is 0. The molecule has 0 bridgehead atoms. The molecule has 16 heavy (non-hydrogen) atoms. The predicted octanol–water partition coefficient (Wildman–Crippen LogP) is -0.501. The van der Waals surface area contributed by atoms with E-state index < -0.39 is 17.5 Å². The van der Waals surface area contributed by atoms with Crippen LogP contribution in [0.15, 0.2) is 27.9 Å². The molecule has 0 saturated heterocycles. The molecule has 0 saturated carbocycles. The van der Waals surface area contributed by atoms with Crippen LogP contribution < -0.4 is 11.2 Å². The third-order valence-corrected chi connectivity index (χ3v) is 2.26. The quantitative estimate of drug-likeness (QED) is 0.694. The molecule has 1 aromatic heterocycles. The molecule has 0 aliphatic carbocycles. The fourth-order valence-corrected chi connectivity index (χ4v) is 1.41. The van der Waals surface area contributed by atoms with Crippen LogP contribution in [-0.4, -0.2) is 21.9 Å². The zero-order valence-corrected chi connectivity index (χ0v) is 8.60. The van der Waals surface area contributed by atoms with Crippen LogP contribution in [0.3, 0.4) is 0 Å². The Kier molecular flexibility index (Phi) is 2.57. The van der Waals surface area contributed by atoms with Crippen LogP contribution >= 0.6 is 0 Å². The molecule has 0 spiro atoms. The van der Waals surface area contributed by atoms with Gasteiger partial charge < -0.3 is 4.74 Å². The molecular weight excluding hydrogens is 212 g/mol. The van der Waals surface area contributed by atoms with Crippen molar-refractivity contribution in [3.05, 3.63) is 44.8 Å². The van der Waals surface area contributed by atoms with E-state index in [0.717, 1.165) is 0 Å². The Labute approximate surface area is 90.2 Å². The lowest BCUT2D eigenvalue weighted by molar-refractivity contribution is -0.123. The molecule has 1 aliphatic rings. The van der Waals surface area contributed by atoms with E-state index >= 15 is 0 Å². The predicted molar refractivity (Wildman–Crippen MR) is 55.2 cm³/mol. The lowest BCUT2D eigenvalue weighted by atomic mass is 10.3. The highest BCUT2D eigenvalue weighted by molar-refractivity contribution is 5.91. The molecule has 0 aromatic carbocycles. The number of aromatic nitrogens is 2. The molecule has 0 amide bonds. The van der Waals surface area contributed by atoms with E-state index in [1.807, 2.05) is 0 Å². The summed E-state index contributed by atoms with van der Waals surface area (Å²) >= 11 is 0. The van der Waals surface area contributed by atoms with Crippen molar-refractivity contribution in [3.8, 4) is 0 Å². The third kappa shape index (κ3) is 1.87. The van der Waals surface area contributed by atoms with Crippen molar-refractivity contribution >= 4 is 5.78 Å². The molecular formula is C10H10N2O4. The van der Waals surface area contributed by atoms with Crippen molar-refractivity contribution in [2.75, 3.05) is 6.61 Å². The normalized spacial score (nSPS) is 20.1. The first kappa shape index (κ1) is 10.6. The van der Waals surface area contributed by atoms with Gasteiger partial charge in [-0.3, -0.25) is 19.1 Å². The molecule has 84 valence electrons. The first-order valence-corrected chi connectivity index (χ1v) is 4.72. The van der Waals surface area contributed by atoms with Crippen molar-refractivity contribution in [3.63, 3.8) is 0 Å². The fourth-order valence-electron chi connectivity index (χ4n) is 1.41. The molecule has 0 unspecified atom stereocenters. The molecule has 2 rings (SSSR count). The molecule has 0 fully saturated rings. The topological polar surface area (TPSA) is 81.2 Å². The van der Waals surface area contributed by atoms with Gasteiger partial charge in [0, 0.05) is 11.8 Å². The van der Waals surface area contributed by atoms with Crippen LogP contribution in [0.2, 0.25) is 0 Å². The standard InChI is InChI=1S/C10H10N2O4/c1-6-4-12(10(15)11-9(6)14)8-3-2-7(13)5-16-8/h2-4,8H,5H2,1H3,(H,11,14,15)/t8-/m0/s1. The minimum absolute atomic E-state index is 0.0637. The van der Waals surface area contributed by atoms with E-state index in [2.05, 4.69) is 4.98 Å². The zero-order chi connectivity index (χ0) is 11.7. The Balaban J connectivity index is 2.45. The van der Waals surface area contributed by atoms with Gasteiger partial charge in [-0.2, -0.15) is 0 Å². The van der Waals surface area contributed by atoms with Crippen molar-refractivity contribution in [2.45, 2.75) is 13.2 Å². The number of rotatable bonds is 1. The second-order valence-electron chi connectivity index (χ2n) is 3.51. The van der Waals surface area contributed by atoms with Crippen molar-refractivity contribution in [2.24, 2.45) is 0 Å². The summed E-state index contributed by atoms with van der Waals surface area (Å²) in [6.45, 7) is 1.53.